The molecule has 8 heteroatoms. The van der Waals surface area contributed by atoms with Gasteiger partial charge in [-0.1, -0.05) is 6.92 Å². The molecular formula is C10H19F3N2O2S. The first-order valence-corrected chi connectivity index (χ1v) is 7.62. The maximum absolute atomic E-state index is 11.9. The summed E-state index contributed by atoms with van der Waals surface area (Å²) in [6, 6.07) is -0.179. The van der Waals surface area contributed by atoms with Crippen LogP contribution in [0.2, 0.25) is 0 Å². The SMILES string of the molecule is CC1CNCCC1NS(=O)(=O)CCCC(F)(F)F. The quantitative estimate of drug-likeness (QED) is 0.800. The summed E-state index contributed by atoms with van der Waals surface area (Å²) in [6.45, 7) is 3.35. The van der Waals surface area contributed by atoms with Gasteiger partial charge in [0, 0.05) is 12.5 Å². The molecule has 0 bridgehead atoms. The average molecular weight is 288 g/mol. The molecule has 0 saturated carbocycles. The highest BCUT2D eigenvalue weighted by Gasteiger charge is 2.29. The van der Waals surface area contributed by atoms with E-state index in [4.69, 9.17) is 0 Å². The smallest absolute Gasteiger partial charge is 0.316 e. The second kappa shape index (κ2) is 6.21. The van der Waals surface area contributed by atoms with E-state index in [9.17, 15) is 21.6 Å². The lowest BCUT2D eigenvalue weighted by Crippen LogP contribution is -2.48. The molecule has 1 heterocycles. The minimum atomic E-state index is -4.29. The minimum absolute atomic E-state index is 0.149. The van der Waals surface area contributed by atoms with Crippen molar-refractivity contribution in [3.05, 3.63) is 0 Å². The Morgan fingerprint density at radius 2 is 2.06 bits per heavy atom. The van der Waals surface area contributed by atoms with E-state index in [0.717, 1.165) is 13.1 Å². The lowest BCUT2D eigenvalue weighted by Gasteiger charge is -2.29. The third-order valence-electron chi connectivity index (χ3n) is 2.99. The number of hydrogen-bond donors (Lipinski definition) is 2. The maximum atomic E-state index is 11.9. The van der Waals surface area contributed by atoms with Crippen molar-refractivity contribution in [2.24, 2.45) is 5.92 Å². The van der Waals surface area contributed by atoms with E-state index < -0.39 is 34.8 Å². The Labute approximate surface area is 105 Å². The summed E-state index contributed by atoms with van der Waals surface area (Å²) in [5.74, 6) is -0.320. The van der Waals surface area contributed by atoms with Gasteiger partial charge in [0.05, 0.1) is 5.75 Å². The molecule has 1 saturated heterocycles. The van der Waals surface area contributed by atoms with Crippen LogP contribution in [-0.2, 0) is 10.0 Å². The number of halogens is 3. The zero-order chi connectivity index (χ0) is 13.8. The third kappa shape index (κ3) is 6.01. The lowest BCUT2D eigenvalue weighted by molar-refractivity contribution is -0.134. The van der Waals surface area contributed by atoms with Crippen LogP contribution in [0.3, 0.4) is 0 Å². The Balaban J connectivity index is 2.39. The van der Waals surface area contributed by atoms with Crippen molar-refractivity contribution in [2.75, 3.05) is 18.8 Å². The van der Waals surface area contributed by atoms with Gasteiger partial charge in [0.1, 0.15) is 0 Å². The molecule has 1 aliphatic rings. The topological polar surface area (TPSA) is 58.2 Å². The van der Waals surface area contributed by atoms with Crippen molar-refractivity contribution in [3.8, 4) is 0 Å². The summed E-state index contributed by atoms with van der Waals surface area (Å²) in [4.78, 5) is 0. The standard InChI is InChI=1S/C10H19F3N2O2S/c1-8-7-14-5-3-9(8)15-18(16,17)6-2-4-10(11,12)13/h8-9,14-15H,2-7H2,1H3. The molecule has 4 nitrogen and oxygen atoms in total. The zero-order valence-corrected chi connectivity index (χ0v) is 11.1. The van der Waals surface area contributed by atoms with Crippen LogP contribution in [0.4, 0.5) is 13.2 Å². The van der Waals surface area contributed by atoms with Crippen molar-refractivity contribution < 1.29 is 21.6 Å². The fourth-order valence-corrected chi connectivity index (χ4v) is 3.40. The van der Waals surface area contributed by atoms with Crippen LogP contribution < -0.4 is 10.0 Å². The first kappa shape index (κ1) is 15.7. The summed E-state index contributed by atoms with van der Waals surface area (Å²) < 4.78 is 61.5. The van der Waals surface area contributed by atoms with Gasteiger partial charge in [-0.05, 0) is 31.8 Å². The molecule has 0 aromatic rings. The molecule has 0 aromatic heterocycles. The number of rotatable bonds is 5. The van der Waals surface area contributed by atoms with Crippen LogP contribution >= 0.6 is 0 Å². The van der Waals surface area contributed by atoms with Gasteiger partial charge in [0.15, 0.2) is 0 Å². The average Bonchev–Trinajstić information content (AvgIpc) is 2.18. The summed E-state index contributed by atoms with van der Waals surface area (Å²) in [5, 5.41) is 3.13. The predicted molar refractivity (Wildman–Crippen MR) is 62.7 cm³/mol. The molecule has 18 heavy (non-hydrogen) atoms. The Morgan fingerprint density at radius 1 is 1.39 bits per heavy atom. The number of alkyl halides is 3. The molecule has 2 atom stereocenters. The number of sulfonamides is 1. The van der Waals surface area contributed by atoms with Gasteiger partial charge in [-0.25, -0.2) is 13.1 Å². The first-order chi connectivity index (χ1) is 8.20. The van der Waals surface area contributed by atoms with Crippen molar-refractivity contribution in [2.45, 2.75) is 38.4 Å². The van der Waals surface area contributed by atoms with E-state index in [0.29, 0.717) is 6.42 Å². The molecule has 0 spiro atoms. The van der Waals surface area contributed by atoms with Gasteiger partial charge in [-0.3, -0.25) is 0 Å². The van der Waals surface area contributed by atoms with Gasteiger partial charge in [0.2, 0.25) is 10.0 Å². The summed E-state index contributed by atoms with van der Waals surface area (Å²) in [7, 11) is -3.61. The van der Waals surface area contributed by atoms with E-state index in [1.807, 2.05) is 6.92 Å². The molecule has 1 rings (SSSR count). The monoisotopic (exact) mass is 288 g/mol. The predicted octanol–water partition coefficient (Wildman–Crippen LogP) is 1.25. The molecule has 108 valence electrons. The molecule has 2 N–H and O–H groups in total. The molecule has 0 radical (unpaired) electrons. The van der Waals surface area contributed by atoms with Gasteiger partial charge in [0.25, 0.3) is 0 Å². The van der Waals surface area contributed by atoms with Crippen LogP contribution in [0.15, 0.2) is 0 Å². The molecule has 0 aromatic carbocycles. The maximum Gasteiger partial charge on any atom is 0.389 e. The van der Waals surface area contributed by atoms with Crippen LogP contribution in [0, 0.1) is 5.92 Å². The largest absolute Gasteiger partial charge is 0.389 e. The van der Waals surface area contributed by atoms with Crippen molar-refractivity contribution >= 4 is 10.0 Å². The van der Waals surface area contributed by atoms with Crippen molar-refractivity contribution in [3.63, 3.8) is 0 Å². The van der Waals surface area contributed by atoms with Crippen LogP contribution in [0.1, 0.15) is 26.2 Å². The third-order valence-corrected chi connectivity index (χ3v) is 4.48. The highest BCUT2D eigenvalue weighted by Crippen LogP contribution is 2.21. The number of hydrogen-bond acceptors (Lipinski definition) is 3. The number of piperidine rings is 1. The molecule has 0 aliphatic carbocycles. The minimum Gasteiger partial charge on any atom is -0.316 e. The fourth-order valence-electron chi connectivity index (χ4n) is 1.94. The van der Waals surface area contributed by atoms with Gasteiger partial charge >= 0.3 is 6.18 Å². The molecule has 2 unspecified atom stereocenters. The fraction of sp³-hybridized carbons (Fsp3) is 1.00. The zero-order valence-electron chi connectivity index (χ0n) is 10.3. The summed E-state index contributed by atoms with van der Waals surface area (Å²) in [6.07, 6.45) is -5.08. The second-order valence-electron chi connectivity index (χ2n) is 4.73. The van der Waals surface area contributed by atoms with Crippen molar-refractivity contribution in [1.29, 1.82) is 0 Å². The van der Waals surface area contributed by atoms with E-state index in [2.05, 4.69) is 10.0 Å². The Kier molecular flexibility index (Phi) is 5.42. The van der Waals surface area contributed by atoms with Gasteiger partial charge in [-0.2, -0.15) is 13.2 Å². The second-order valence-corrected chi connectivity index (χ2v) is 6.61. The van der Waals surface area contributed by atoms with E-state index >= 15 is 0 Å². The van der Waals surface area contributed by atoms with E-state index in [1.54, 1.807) is 0 Å². The van der Waals surface area contributed by atoms with Crippen LogP contribution in [0.5, 0.6) is 0 Å². The normalized spacial score (nSPS) is 26.2. The lowest BCUT2D eigenvalue weighted by atomic mass is 9.97. The van der Waals surface area contributed by atoms with Gasteiger partial charge in [-0.15, -0.1) is 0 Å². The molecular weight excluding hydrogens is 269 g/mol. The first-order valence-electron chi connectivity index (χ1n) is 5.97. The Hall–Kier alpha value is -0.340. The van der Waals surface area contributed by atoms with E-state index in [1.165, 1.54) is 0 Å². The van der Waals surface area contributed by atoms with Crippen LogP contribution in [0.25, 0.3) is 0 Å². The Morgan fingerprint density at radius 3 is 2.61 bits per heavy atom. The molecule has 1 aliphatic heterocycles. The van der Waals surface area contributed by atoms with Gasteiger partial charge < -0.3 is 5.32 Å². The highest BCUT2D eigenvalue weighted by atomic mass is 32.2. The van der Waals surface area contributed by atoms with E-state index in [-0.39, 0.29) is 12.0 Å². The summed E-state index contributed by atoms with van der Waals surface area (Å²) >= 11 is 0. The Bertz CT molecular complexity index is 357. The molecule has 1 fully saturated rings. The highest BCUT2D eigenvalue weighted by molar-refractivity contribution is 7.89. The summed E-state index contributed by atoms with van der Waals surface area (Å²) in [5.41, 5.74) is 0. The van der Waals surface area contributed by atoms with Crippen molar-refractivity contribution in [1.82, 2.24) is 10.0 Å². The molecule has 0 amide bonds. The number of nitrogens with one attached hydrogen (secondary N) is 2. The van der Waals surface area contributed by atoms with Crippen LogP contribution in [-0.4, -0.2) is 39.5 Å².